The Morgan fingerprint density at radius 2 is 1.79 bits per heavy atom. The molecule has 2 unspecified atom stereocenters. The molecule has 1 heterocycles. The second kappa shape index (κ2) is 4.05. The third-order valence-corrected chi connectivity index (χ3v) is 2.92. The van der Waals surface area contributed by atoms with Gasteiger partial charge in [0.25, 0.3) is 0 Å². The highest BCUT2D eigenvalue weighted by Crippen LogP contribution is 2.32. The number of hydrogen-bond donors (Lipinski definition) is 0. The fraction of sp³-hybridized carbons (Fsp3) is 0.636. The molecule has 1 radical (unpaired) electrons. The molecule has 3 heteroatoms. The molecule has 0 aromatic rings. The van der Waals surface area contributed by atoms with Gasteiger partial charge >= 0.3 is 0 Å². The van der Waals surface area contributed by atoms with Crippen LogP contribution in [-0.2, 0) is 9.47 Å². The van der Waals surface area contributed by atoms with Crippen molar-refractivity contribution in [2.75, 3.05) is 27.3 Å². The van der Waals surface area contributed by atoms with Crippen molar-refractivity contribution in [1.29, 1.82) is 0 Å². The van der Waals surface area contributed by atoms with E-state index in [1.165, 1.54) is 0 Å². The highest BCUT2D eigenvalue weighted by Gasteiger charge is 2.28. The van der Waals surface area contributed by atoms with Gasteiger partial charge in [-0.15, -0.1) is 0 Å². The Morgan fingerprint density at radius 1 is 1.14 bits per heavy atom. The number of nitrogens with zero attached hydrogens (tertiary/aromatic N) is 1. The number of methoxy groups -OCH3 is 2. The molecule has 0 N–H and O–H groups in total. The zero-order chi connectivity index (χ0) is 9.97. The quantitative estimate of drug-likeness (QED) is 0.663. The van der Waals surface area contributed by atoms with Crippen LogP contribution in [0.1, 0.15) is 6.42 Å². The van der Waals surface area contributed by atoms with Crippen LogP contribution in [0.3, 0.4) is 0 Å². The van der Waals surface area contributed by atoms with E-state index in [2.05, 4.69) is 17.5 Å². The average molecular weight is 194 g/mol. The fourth-order valence-electron chi connectivity index (χ4n) is 2.10. The lowest BCUT2D eigenvalue weighted by atomic mass is 9.82. The van der Waals surface area contributed by atoms with Crippen LogP contribution in [0, 0.1) is 11.8 Å². The van der Waals surface area contributed by atoms with Crippen molar-refractivity contribution >= 4 is 0 Å². The third kappa shape index (κ3) is 1.64. The standard InChI is InChI=1S/C11H16NO2/c1-13-10-5-8-3-4-12-7-9(8)6-11(10)14-2/h5-6,8-9H,3-4,7H2,1-2H3. The van der Waals surface area contributed by atoms with Gasteiger partial charge in [-0.1, -0.05) is 0 Å². The highest BCUT2D eigenvalue weighted by atomic mass is 16.5. The predicted octanol–water partition coefficient (Wildman–Crippen LogP) is 1.30. The molecule has 2 rings (SSSR count). The molecular formula is C11H16NO2. The fourth-order valence-corrected chi connectivity index (χ4v) is 2.10. The van der Waals surface area contributed by atoms with Crippen LogP contribution in [0.5, 0.6) is 0 Å². The van der Waals surface area contributed by atoms with Gasteiger partial charge in [-0.2, -0.15) is 0 Å². The number of allylic oxidation sites excluding steroid dienone is 1. The van der Waals surface area contributed by atoms with Crippen molar-refractivity contribution in [3.63, 3.8) is 0 Å². The van der Waals surface area contributed by atoms with E-state index in [-0.39, 0.29) is 0 Å². The molecule has 1 aliphatic heterocycles. The van der Waals surface area contributed by atoms with Gasteiger partial charge in [0.05, 0.1) is 14.2 Å². The maximum absolute atomic E-state index is 5.28. The van der Waals surface area contributed by atoms with Gasteiger partial charge in [0.2, 0.25) is 0 Å². The second-order valence-corrected chi connectivity index (χ2v) is 3.72. The summed E-state index contributed by atoms with van der Waals surface area (Å²) in [5, 5.41) is 4.41. The van der Waals surface area contributed by atoms with Crippen molar-refractivity contribution < 1.29 is 9.47 Å². The largest absolute Gasteiger partial charge is 0.493 e. The van der Waals surface area contributed by atoms with Crippen LogP contribution in [0.15, 0.2) is 23.7 Å². The van der Waals surface area contributed by atoms with E-state index in [1.54, 1.807) is 14.2 Å². The first-order valence-electron chi connectivity index (χ1n) is 5.00. The summed E-state index contributed by atoms with van der Waals surface area (Å²) < 4.78 is 10.6. The first kappa shape index (κ1) is 9.59. The summed E-state index contributed by atoms with van der Waals surface area (Å²) in [7, 11) is 3.37. The molecular weight excluding hydrogens is 178 g/mol. The van der Waals surface area contributed by atoms with E-state index < -0.39 is 0 Å². The van der Waals surface area contributed by atoms with E-state index >= 15 is 0 Å². The Bertz CT molecular complexity index is 242. The predicted molar refractivity (Wildman–Crippen MR) is 53.6 cm³/mol. The van der Waals surface area contributed by atoms with Crippen LogP contribution in [-0.4, -0.2) is 27.3 Å². The highest BCUT2D eigenvalue weighted by molar-refractivity contribution is 5.27. The lowest BCUT2D eigenvalue weighted by Crippen LogP contribution is -2.32. The second-order valence-electron chi connectivity index (χ2n) is 3.72. The van der Waals surface area contributed by atoms with Gasteiger partial charge < -0.3 is 9.47 Å². The molecule has 1 fully saturated rings. The van der Waals surface area contributed by atoms with Crippen LogP contribution in [0.2, 0.25) is 0 Å². The van der Waals surface area contributed by atoms with E-state index in [4.69, 9.17) is 9.47 Å². The van der Waals surface area contributed by atoms with Crippen molar-refractivity contribution in [3.05, 3.63) is 23.7 Å². The monoisotopic (exact) mass is 194 g/mol. The summed E-state index contributed by atoms with van der Waals surface area (Å²) >= 11 is 0. The molecule has 14 heavy (non-hydrogen) atoms. The molecule has 0 aromatic heterocycles. The van der Waals surface area contributed by atoms with Crippen LogP contribution < -0.4 is 5.32 Å². The normalized spacial score (nSPS) is 31.3. The summed E-state index contributed by atoms with van der Waals surface area (Å²) in [4.78, 5) is 0. The minimum Gasteiger partial charge on any atom is -0.493 e. The Hall–Kier alpha value is -0.960. The van der Waals surface area contributed by atoms with Gasteiger partial charge in [-0.3, -0.25) is 0 Å². The van der Waals surface area contributed by atoms with E-state index in [9.17, 15) is 0 Å². The third-order valence-electron chi connectivity index (χ3n) is 2.92. The zero-order valence-electron chi connectivity index (χ0n) is 8.69. The summed E-state index contributed by atoms with van der Waals surface area (Å²) in [5.74, 6) is 2.82. The van der Waals surface area contributed by atoms with Crippen molar-refractivity contribution in [2.45, 2.75) is 6.42 Å². The Morgan fingerprint density at radius 3 is 2.43 bits per heavy atom. The SMILES string of the molecule is COC1=CC2CC[N]CC2C=C1OC. The van der Waals surface area contributed by atoms with E-state index in [0.717, 1.165) is 31.0 Å². The lowest BCUT2D eigenvalue weighted by Gasteiger charge is -2.31. The first-order valence-corrected chi connectivity index (χ1v) is 5.00. The van der Waals surface area contributed by atoms with Gasteiger partial charge in [-0.25, -0.2) is 5.32 Å². The molecule has 0 spiro atoms. The van der Waals surface area contributed by atoms with Crippen molar-refractivity contribution in [1.82, 2.24) is 5.32 Å². The van der Waals surface area contributed by atoms with E-state index in [1.807, 2.05) is 0 Å². The summed E-state index contributed by atoms with van der Waals surface area (Å²) in [6, 6.07) is 0. The molecule has 2 atom stereocenters. The summed E-state index contributed by atoms with van der Waals surface area (Å²) in [6.07, 6.45) is 5.45. The van der Waals surface area contributed by atoms with Gasteiger partial charge in [0.1, 0.15) is 0 Å². The molecule has 0 amide bonds. The first-order chi connectivity index (χ1) is 6.85. The van der Waals surface area contributed by atoms with Crippen molar-refractivity contribution in [2.24, 2.45) is 11.8 Å². The number of hydrogen-bond acceptors (Lipinski definition) is 2. The smallest absolute Gasteiger partial charge is 0.156 e. The zero-order valence-corrected chi connectivity index (χ0v) is 8.69. The maximum atomic E-state index is 5.28. The molecule has 0 aromatic carbocycles. The minimum atomic E-state index is 0.512. The van der Waals surface area contributed by atoms with Gasteiger partial charge in [-0.05, 0) is 24.5 Å². The molecule has 0 bridgehead atoms. The Labute approximate surface area is 84.8 Å². The number of rotatable bonds is 2. The maximum Gasteiger partial charge on any atom is 0.156 e. The van der Waals surface area contributed by atoms with Crippen LogP contribution in [0.4, 0.5) is 0 Å². The van der Waals surface area contributed by atoms with Crippen LogP contribution >= 0.6 is 0 Å². The Balaban J connectivity index is 2.19. The number of ether oxygens (including phenoxy) is 2. The van der Waals surface area contributed by atoms with E-state index in [0.29, 0.717) is 11.8 Å². The molecule has 1 aliphatic carbocycles. The summed E-state index contributed by atoms with van der Waals surface area (Å²) in [6.45, 7) is 1.90. The average Bonchev–Trinajstić information content (AvgIpc) is 2.27. The number of fused-ring (bicyclic) bond motifs is 1. The van der Waals surface area contributed by atoms with Gasteiger partial charge in [0, 0.05) is 19.0 Å². The van der Waals surface area contributed by atoms with Crippen LogP contribution in [0.25, 0.3) is 0 Å². The van der Waals surface area contributed by atoms with Crippen molar-refractivity contribution in [3.8, 4) is 0 Å². The van der Waals surface area contributed by atoms with Gasteiger partial charge in [0.15, 0.2) is 11.5 Å². The molecule has 2 aliphatic rings. The summed E-state index contributed by atoms with van der Waals surface area (Å²) in [5.41, 5.74) is 0. The minimum absolute atomic E-state index is 0.512. The number of piperidine rings is 1. The Kier molecular flexibility index (Phi) is 2.77. The lowest BCUT2D eigenvalue weighted by molar-refractivity contribution is 0.199. The molecule has 0 saturated carbocycles. The molecule has 77 valence electrons. The topological polar surface area (TPSA) is 32.6 Å². The molecule has 3 nitrogen and oxygen atoms in total. The molecule has 1 saturated heterocycles.